The second kappa shape index (κ2) is 10.7. The van der Waals surface area contributed by atoms with Crippen molar-refractivity contribution in [2.75, 3.05) is 10.6 Å². The number of anilines is 2. The molecular weight excluding hydrogens is 452 g/mol. The molecule has 0 spiro atoms. The van der Waals surface area contributed by atoms with Crippen molar-refractivity contribution in [1.82, 2.24) is 4.98 Å². The number of pyridine rings is 1. The Kier molecular flexibility index (Phi) is 7.80. The molecule has 0 aliphatic carbocycles. The lowest BCUT2D eigenvalue weighted by Gasteiger charge is -2.15. The van der Waals surface area contributed by atoms with Crippen LogP contribution in [0.1, 0.15) is 23.7 Å². The molecule has 1 heterocycles. The largest absolute Gasteiger partial charge is 0.322 e. The first-order valence-electron chi connectivity index (χ1n) is 9.60. The average Bonchev–Trinajstić information content (AvgIpc) is 2.79. The number of benzene rings is 2. The molecule has 0 fully saturated rings. The van der Waals surface area contributed by atoms with Crippen molar-refractivity contribution in [3.8, 4) is 0 Å². The van der Waals surface area contributed by atoms with Crippen LogP contribution < -0.4 is 10.6 Å². The van der Waals surface area contributed by atoms with Gasteiger partial charge >= 0.3 is 0 Å². The second-order valence-corrected chi connectivity index (χ2v) is 8.36. The van der Waals surface area contributed by atoms with E-state index in [4.69, 9.17) is 11.6 Å². The first-order chi connectivity index (χ1) is 15.4. The zero-order valence-electron chi connectivity index (χ0n) is 16.9. The number of amides is 2. The number of hydrogen-bond acceptors (Lipinski definition) is 6. The predicted octanol–water partition coefficient (Wildman–Crippen LogP) is 5.40. The minimum atomic E-state index is -0.522. The Labute approximate surface area is 193 Å². The van der Waals surface area contributed by atoms with Gasteiger partial charge in [-0.1, -0.05) is 24.6 Å². The molecule has 8 nitrogen and oxygen atoms in total. The van der Waals surface area contributed by atoms with Crippen molar-refractivity contribution in [2.45, 2.75) is 23.5 Å². The molecule has 0 saturated heterocycles. The number of nitrogens with zero attached hydrogens (tertiary/aromatic N) is 2. The van der Waals surface area contributed by atoms with Gasteiger partial charge in [0.05, 0.1) is 15.2 Å². The molecule has 0 aliphatic rings. The molecule has 2 N–H and O–H groups in total. The number of non-ortho nitro benzene ring substituents is 1. The minimum Gasteiger partial charge on any atom is -0.322 e. The highest BCUT2D eigenvalue weighted by Crippen LogP contribution is 2.28. The summed E-state index contributed by atoms with van der Waals surface area (Å²) in [6.45, 7) is 1.91. The third kappa shape index (κ3) is 6.29. The van der Waals surface area contributed by atoms with Gasteiger partial charge < -0.3 is 10.6 Å². The number of halogens is 1. The molecule has 3 rings (SSSR count). The molecule has 0 radical (unpaired) electrons. The van der Waals surface area contributed by atoms with Gasteiger partial charge in [0, 0.05) is 34.5 Å². The molecule has 0 saturated carbocycles. The first-order valence-corrected chi connectivity index (χ1v) is 10.9. The van der Waals surface area contributed by atoms with Crippen LogP contribution in [0.5, 0.6) is 0 Å². The Morgan fingerprint density at radius 1 is 1.12 bits per heavy atom. The fourth-order valence-corrected chi connectivity index (χ4v) is 3.85. The Balaban J connectivity index is 1.65. The lowest BCUT2D eigenvalue weighted by Crippen LogP contribution is -2.25. The van der Waals surface area contributed by atoms with Gasteiger partial charge in [-0.05, 0) is 48.9 Å². The highest BCUT2D eigenvalue weighted by atomic mass is 35.5. The molecule has 2 amide bonds. The van der Waals surface area contributed by atoms with Crippen LogP contribution in [0.25, 0.3) is 0 Å². The summed E-state index contributed by atoms with van der Waals surface area (Å²) in [7, 11) is 0. The Hall–Kier alpha value is -3.43. The van der Waals surface area contributed by atoms with Crippen molar-refractivity contribution in [3.63, 3.8) is 0 Å². The molecule has 0 bridgehead atoms. The number of aromatic nitrogens is 1. The van der Waals surface area contributed by atoms with Gasteiger partial charge in [0.1, 0.15) is 5.82 Å². The number of hydrogen-bond donors (Lipinski definition) is 2. The molecule has 32 heavy (non-hydrogen) atoms. The molecule has 0 aliphatic heterocycles. The number of nitrogens with one attached hydrogen (secondary N) is 2. The van der Waals surface area contributed by atoms with E-state index in [1.165, 1.54) is 42.2 Å². The van der Waals surface area contributed by atoms with E-state index in [0.29, 0.717) is 28.5 Å². The topological polar surface area (TPSA) is 114 Å². The van der Waals surface area contributed by atoms with Crippen LogP contribution in [0.3, 0.4) is 0 Å². The van der Waals surface area contributed by atoms with E-state index in [-0.39, 0.29) is 22.8 Å². The van der Waals surface area contributed by atoms with Gasteiger partial charge in [0.25, 0.3) is 11.6 Å². The molecule has 1 unspecified atom stereocenters. The van der Waals surface area contributed by atoms with Gasteiger partial charge in [-0.2, -0.15) is 0 Å². The summed E-state index contributed by atoms with van der Waals surface area (Å²) in [5.74, 6) is -0.157. The fourth-order valence-electron chi connectivity index (χ4n) is 2.73. The lowest BCUT2D eigenvalue weighted by atomic mass is 10.2. The monoisotopic (exact) mass is 470 g/mol. The number of carbonyl (C=O) groups excluding carboxylic acids is 2. The zero-order chi connectivity index (χ0) is 23.1. The number of rotatable bonds is 8. The summed E-state index contributed by atoms with van der Waals surface area (Å²) in [4.78, 5) is 40.2. The van der Waals surface area contributed by atoms with Crippen molar-refractivity contribution in [2.24, 2.45) is 0 Å². The Morgan fingerprint density at radius 3 is 2.50 bits per heavy atom. The van der Waals surface area contributed by atoms with Crippen LogP contribution in [0.15, 0.2) is 71.8 Å². The third-order valence-corrected chi connectivity index (χ3v) is 5.93. The third-order valence-electron chi connectivity index (χ3n) is 4.35. The molecule has 1 aromatic heterocycles. The summed E-state index contributed by atoms with van der Waals surface area (Å²) >= 11 is 7.19. The summed E-state index contributed by atoms with van der Waals surface area (Å²) < 4.78 is 0. The maximum absolute atomic E-state index is 12.6. The molecule has 164 valence electrons. The zero-order valence-corrected chi connectivity index (χ0v) is 18.5. The van der Waals surface area contributed by atoms with E-state index < -0.39 is 4.92 Å². The number of thioether (sulfide) groups is 1. The number of nitro groups is 1. The van der Waals surface area contributed by atoms with E-state index >= 15 is 0 Å². The number of nitro benzene ring substituents is 1. The Bertz CT molecular complexity index is 1120. The molecule has 1 atom stereocenters. The van der Waals surface area contributed by atoms with Gasteiger partial charge in [-0.25, -0.2) is 4.98 Å². The standard InChI is InChI=1S/C22H19ClN4O4S/c1-2-19(22(29)26-20-11-8-15(23)13-24-20)32-18-5-3-4-16(12-18)25-21(28)14-6-9-17(10-7-14)27(30)31/h3-13,19H,2H2,1H3,(H,25,28)(H,24,26,29). The first kappa shape index (κ1) is 23.2. The van der Waals surface area contributed by atoms with E-state index in [1.54, 1.807) is 30.3 Å². The molecule has 3 aromatic rings. The maximum atomic E-state index is 12.6. The molecular formula is C22H19ClN4O4S. The van der Waals surface area contributed by atoms with Crippen LogP contribution in [0.4, 0.5) is 17.2 Å². The van der Waals surface area contributed by atoms with Crippen molar-refractivity contribution < 1.29 is 14.5 Å². The van der Waals surface area contributed by atoms with E-state index in [1.807, 2.05) is 13.0 Å². The highest BCUT2D eigenvalue weighted by Gasteiger charge is 2.19. The maximum Gasteiger partial charge on any atom is 0.269 e. The second-order valence-electron chi connectivity index (χ2n) is 6.65. The highest BCUT2D eigenvalue weighted by molar-refractivity contribution is 8.00. The van der Waals surface area contributed by atoms with E-state index in [2.05, 4.69) is 15.6 Å². The molecule has 10 heteroatoms. The van der Waals surface area contributed by atoms with Crippen LogP contribution in [-0.2, 0) is 4.79 Å². The summed E-state index contributed by atoms with van der Waals surface area (Å²) in [5, 5.41) is 16.4. The van der Waals surface area contributed by atoms with Crippen molar-refractivity contribution in [3.05, 3.63) is 87.6 Å². The van der Waals surface area contributed by atoms with Crippen LogP contribution >= 0.6 is 23.4 Å². The van der Waals surface area contributed by atoms with Gasteiger partial charge in [0.15, 0.2) is 0 Å². The quantitative estimate of drug-likeness (QED) is 0.258. The summed E-state index contributed by atoms with van der Waals surface area (Å²) in [6, 6.07) is 15.8. The average molecular weight is 471 g/mol. The lowest BCUT2D eigenvalue weighted by molar-refractivity contribution is -0.384. The smallest absolute Gasteiger partial charge is 0.269 e. The normalized spacial score (nSPS) is 11.4. The van der Waals surface area contributed by atoms with Gasteiger partial charge in [-0.3, -0.25) is 19.7 Å². The van der Waals surface area contributed by atoms with Gasteiger partial charge in [-0.15, -0.1) is 11.8 Å². The Morgan fingerprint density at radius 2 is 1.88 bits per heavy atom. The summed E-state index contributed by atoms with van der Waals surface area (Å²) in [6.07, 6.45) is 2.05. The van der Waals surface area contributed by atoms with Crippen LogP contribution in [-0.4, -0.2) is 27.0 Å². The summed E-state index contributed by atoms with van der Waals surface area (Å²) in [5.41, 5.74) is 0.764. The number of carbonyl (C=O) groups is 2. The minimum absolute atomic E-state index is 0.0855. The van der Waals surface area contributed by atoms with Gasteiger partial charge in [0.2, 0.25) is 5.91 Å². The van der Waals surface area contributed by atoms with E-state index in [9.17, 15) is 19.7 Å². The van der Waals surface area contributed by atoms with Crippen molar-refractivity contribution in [1.29, 1.82) is 0 Å². The SMILES string of the molecule is CCC(Sc1cccc(NC(=O)c2ccc([N+](=O)[O-])cc2)c1)C(=O)Nc1ccc(Cl)cn1. The molecule has 2 aromatic carbocycles. The fraction of sp³-hybridized carbons (Fsp3) is 0.136. The van der Waals surface area contributed by atoms with Crippen LogP contribution in [0.2, 0.25) is 5.02 Å². The predicted molar refractivity (Wildman–Crippen MR) is 125 cm³/mol. The van der Waals surface area contributed by atoms with Crippen LogP contribution in [0, 0.1) is 10.1 Å². The van der Waals surface area contributed by atoms with Crippen molar-refractivity contribution >= 4 is 52.4 Å². The van der Waals surface area contributed by atoms with E-state index in [0.717, 1.165) is 4.90 Å².